The zero-order chi connectivity index (χ0) is 41.4. The first kappa shape index (κ1) is 35.5. The Bertz CT molecular complexity index is 3630. The summed E-state index contributed by atoms with van der Waals surface area (Å²) in [5.41, 5.74) is 16.2. The standard InChI is InChI=1S/C58H39N5/c1-3-19-38(20-4-1)47-35-40(36-48(60-47)39-21-5-2-6-22-39)56-55(61-49-29-13-7-23-41(49)42-24-8-14-30-50(42)61)37-59-58(63-53-33-17-11-27-45(53)46-28-12-18-34-54(46)63)57(56)62-51-31-15-9-25-43(51)44-26-10-16-32-52(44)62/h1-9,11-25,27-37H,10,26H2. The molecule has 5 nitrogen and oxygen atoms in total. The summed E-state index contributed by atoms with van der Waals surface area (Å²) >= 11 is 0. The molecule has 0 amide bonds. The van der Waals surface area contributed by atoms with Gasteiger partial charge in [0, 0.05) is 49.3 Å². The third-order valence-corrected chi connectivity index (χ3v) is 13.0. The van der Waals surface area contributed by atoms with E-state index in [9.17, 15) is 0 Å². The Kier molecular flexibility index (Phi) is 7.97. The molecular formula is C58H39N5. The second-order valence-electron chi connectivity index (χ2n) is 16.4. The van der Waals surface area contributed by atoms with Gasteiger partial charge in [-0.1, -0.05) is 158 Å². The number of benzene rings is 7. The fourth-order valence-corrected chi connectivity index (χ4v) is 10.3. The van der Waals surface area contributed by atoms with E-state index in [0.29, 0.717) is 0 Å². The van der Waals surface area contributed by atoms with Gasteiger partial charge >= 0.3 is 0 Å². The molecule has 63 heavy (non-hydrogen) atoms. The lowest BCUT2D eigenvalue weighted by Crippen LogP contribution is -2.13. The number of hydrogen-bond acceptors (Lipinski definition) is 2. The van der Waals surface area contributed by atoms with Gasteiger partial charge in [-0.25, -0.2) is 9.97 Å². The Hall–Kier alpha value is -8.28. The van der Waals surface area contributed by atoms with E-state index in [1.165, 1.54) is 38.2 Å². The van der Waals surface area contributed by atoms with Gasteiger partial charge in [0.05, 0.1) is 56.5 Å². The molecule has 0 saturated heterocycles. The van der Waals surface area contributed by atoms with E-state index in [4.69, 9.17) is 9.97 Å². The number of hydrogen-bond donors (Lipinski definition) is 0. The first-order valence-corrected chi connectivity index (χ1v) is 21.7. The topological polar surface area (TPSA) is 40.6 Å². The fourth-order valence-electron chi connectivity index (χ4n) is 10.3. The molecule has 0 fully saturated rings. The molecule has 1 aliphatic carbocycles. The number of fused-ring (bicyclic) bond motifs is 9. The minimum atomic E-state index is 0.855. The molecule has 13 rings (SSSR count). The minimum Gasteiger partial charge on any atom is -0.307 e. The van der Waals surface area contributed by atoms with Crippen molar-refractivity contribution >= 4 is 60.6 Å². The van der Waals surface area contributed by atoms with Crippen LogP contribution in [0.3, 0.4) is 0 Å². The Labute approximate surface area is 364 Å². The molecule has 1 aliphatic rings. The van der Waals surface area contributed by atoms with E-state index < -0.39 is 0 Å². The maximum Gasteiger partial charge on any atom is 0.162 e. The van der Waals surface area contributed by atoms with Crippen molar-refractivity contribution < 1.29 is 0 Å². The predicted molar refractivity (Wildman–Crippen MR) is 261 cm³/mol. The highest BCUT2D eigenvalue weighted by Crippen LogP contribution is 2.46. The Balaban J connectivity index is 1.28. The lowest BCUT2D eigenvalue weighted by atomic mass is 9.97. The van der Waals surface area contributed by atoms with Crippen molar-refractivity contribution in [1.29, 1.82) is 0 Å². The first-order valence-electron chi connectivity index (χ1n) is 21.7. The van der Waals surface area contributed by atoms with E-state index in [1.807, 2.05) is 0 Å². The van der Waals surface area contributed by atoms with Gasteiger partial charge in [0.15, 0.2) is 5.82 Å². The van der Waals surface area contributed by atoms with Crippen LogP contribution in [0.25, 0.3) is 111 Å². The second-order valence-corrected chi connectivity index (χ2v) is 16.4. The zero-order valence-corrected chi connectivity index (χ0v) is 34.4. The lowest BCUT2D eigenvalue weighted by Gasteiger charge is -2.25. The first-order chi connectivity index (χ1) is 31.3. The smallest absolute Gasteiger partial charge is 0.162 e. The number of nitrogens with zero attached hydrogens (tertiary/aromatic N) is 5. The van der Waals surface area contributed by atoms with Crippen molar-refractivity contribution in [2.75, 3.05) is 0 Å². The highest BCUT2D eigenvalue weighted by Gasteiger charge is 2.30. The van der Waals surface area contributed by atoms with Crippen LogP contribution < -0.4 is 0 Å². The number of allylic oxidation sites excluding steroid dienone is 1. The largest absolute Gasteiger partial charge is 0.307 e. The van der Waals surface area contributed by atoms with Crippen molar-refractivity contribution in [3.8, 4) is 50.8 Å². The molecule has 0 aliphatic heterocycles. The summed E-state index contributed by atoms with van der Waals surface area (Å²) in [6, 6.07) is 69.7. The molecule has 0 saturated carbocycles. The van der Waals surface area contributed by atoms with Gasteiger partial charge in [0.2, 0.25) is 0 Å². The molecule has 5 aromatic heterocycles. The zero-order valence-electron chi connectivity index (χ0n) is 34.4. The monoisotopic (exact) mass is 805 g/mol. The molecule has 0 bridgehead atoms. The van der Waals surface area contributed by atoms with Crippen molar-refractivity contribution in [2.45, 2.75) is 12.8 Å². The lowest BCUT2D eigenvalue weighted by molar-refractivity contribution is 0.949. The van der Waals surface area contributed by atoms with Crippen molar-refractivity contribution in [3.05, 3.63) is 218 Å². The minimum absolute atomic E-state index is 0.855. The summed E-state index contributed by atoms with van der Waals surface area (Å²) in [6.07, 6.45) is 8.75. The van der Waals surface area contributed by atoms with Gasteiger partial charge < -0.3 is 9.13 Å². The number of aromatic nitrogens is 5. The van der Waals surface area contributed by atoms with E-state index >= 15 is 0 Å². The van der Waals surface area contributed by atoms with Crippen LogP contribution in [0, 0.1) is 0 Å². The van der Waals surface area contributed by atoms with Gasteiger partial charge in [0.25, 0.3) is 0 Å². The van der Waals surface area contributed by atoms with Gasteiger partial charge in [-0.15, -0.1) is 0 Å². The molecule has 12 aromatic rings. The van der Waals surface area contributed by atoms with E-state index in [1.54, 1.807) is 0 Å². The molecule has 0 spiro atoms. The van der Waals surface area contributed by atoms with E-state index in [0.717, 1.165) is 91.3 Å². The van der Waals surface area contributed by atoms with Crippen LogP contribution in [0.1, 0.15) is 17.7 Å². The van der Waals surface area contributed by atoms with Gasteiger partial charge in [-0.05, 0) is 72.5 Å². The predicted octanol–water partition coefficient (Wildman–Crippen LogP) is 14.6. The van der Waals surface area contributed by atoms with Crippen molar-refractivity contribution in [1.82, 2.24) is 23.7 Å². The summed E-state index contributed by atoms with van der Waals surface area (Å²) in [5.74, 6) is 0.855. The maximum atomic E-state index is 5.73. The Morgan fingerprint density at radius 1 is 0.413 bits per heavy atom. The Morgan fingerprint density at radius 3 is 1.38 bits per heavy atom. The van der Waals surface area contributed by atoms with Crippen molar-refractivity contribution in [2.24, 2.45) is 0 Å². The second kappa shape index (κ2) is 14.2. The molecule has 0 radical (unpaired) electrons. The molecule has 7 aromatic carbocycles. The molecule has 0 atom stereocenters. The summed E-state index contributed by atoms with van der Waals surface area (Å²) in [4.78, 5) is 11.1. The van der Waals surface area contributed by atoms with Crippen molar-refractivity contribution in [3.63, 3.8) is 0 Å². The molecular weight excluding hydrogens is 767 g/mol. The molecule has 0 unspecified atom stereocenters. The van der Waals surface area contributed by atoms with E-state index in [-0.39, 0.29) is 0 Å². The average Bonchev–Trinajstić information content (AvgIpc) is 4.00. The Morgan fingerprint density at radius 2 is 0.857 bits per heavy atom. The van der Waals surface area contributed by atoms with Crippen LogP contribution in [0.2, 0.25) is 0 Å². The molecule has 5 heterocycles. The summed E-state index contributed by atoms with van der Waals surface area (Å²) < 4.78 is 7.35. The molecule has 0 N–H and O–H groups in total. The summed E-state index contributed by atoms with van der Waals surface area (Å²) in [6.45, 7) is 0. The SMILES string of the molecule is C1=Cc2c(c3ccccc3n2-c2c(-n3c4ccccc4c4ccccc43)ncc(-n3c4ccccc4c4ccccc43)c2-c2cc(-c3ccccc3)nc(-c3ccccc3)c2)CC1. The van der Waals surface area contributed by atoms with E-state index in [2.05, 4.69) is 226 Å². The van der Waals surface area contributed by atoms with Gasteiger partial charge in [-0.2, -0.15) is 0 Å². The van der Waals surface area contributed by atoms with Gasteiger partial charge in [0.1, 0.15) is 0 Å². The van der Waals surface area contributed by atoms with Crippen LogP contribution in [0.5, 0.6) is 0 Å². The van der Waals surface area contributed by atoms with Crippen LogP contribution in [-0.4, -0.2) is 23.7 Å². The fraction of sp³-hybridized carbons (Fsp3) is 0.0345. The number of rotatable bonds is 6. The highest BCUT2D eigenvalue weighted by atomic mass is 15.1. The number of pyridine rings is 2. The molecule has 5 heteroatoms. The van der Waals surface area contributed by atoms with Crippen LogP contribution >= 0.6 is 0 Å². The maximum absolute atomic E-state index is 5.73. The van der Waals surface area contributed by atoms with Gasteiger partial charge in [-0.3, -0.25) is 4.57 Å². The normalized spacial score (nSPS) is 12.6. The number of para-hydroxylation sites is 5. The third kappa shape index (κ3) is 5.43. The van der Waals surface area contributed by atoms with Crippen LogP contribution in [-0.2, 0) is 6.42 Å². The van der Waals surface area contributed by atoms with Crippen LogP contribution in [0.4, 0.5) is 0 Å². The third-order valence-electron chi connectivity index (χ3n) is 13.0. The summed E-state index contributed by atoms with van der Waals surface area (Å²) in [7, 11) is 0. The average molecular weight is 806 g/mol. The quantitative estimate of drug-likeness (QED) is 0.168. The highest BCUT2D eigenvalue weighted by molar-refractivity contribution is 6.12. The van der Waals surface area contributed by atoms with Crippen LogP contribution in [0.15, 0.2) is 206 Å². The molecule has 296 valence electrons. The number of aryl methyl sites for hydroxylation is 1. The summed E-state index contributed by atoms with van der Waals surface area (Å²) in [5, 5.41) is 6.04.